The first-order valence-electron chi connectivity index (χ1n) is 5.48. The molecule has 0 spiro atoms. The number of hydrogen-bond acceptors (Lipinski definition) is 3. The fourth-order valence-electron chi connectivity index (χ4n) is 1.33. The highest BCUT2D eigenvalue weighted by molar-refractivity contribution is 7.89. The van der Waals surface area contributed by atoms with Crippen molar-refractivity contribution in [1.82, 2.24) is 4.72 Å². The lowest BCUT2D eigenvalue weighted by Gasteiger charge is -2.22. The molecule has 0 aromatic heterocycles. The maximum absolute atomic E-state index is 13.1. The fourth-order valence-corrected chi connectivity index (χ4v) is 2.74. The van der Waals surface area contributed by atoms with Gasteiger partial charge in [0.1, 0.15) is 11.4 Å². The molecule has 0 heterocycles. The summed E-state index contributed by atoms with van der Waals surface area (Å²) in [6.07, 6.45) is -5.05. The topological polar surface area (TPSA) is 89.3 Å². The number of amides is 1. The second kappa shape index (κ2) is 5.26. The van der Waals surface area contributed by atoms with Crippen LogP contribution in [0, 0.1) is 5.82 Å². The quantitative estimate of drug-likeness (QED) is 0.819. The van der Waals surface area contributed by atoms with Crippen molar-refractivity contribution in [3.63, 3.8) is 0 Å². The minimum absolute atomic E-state index is 0.148. The molecule has 10 heteroatoms. The van der Waals surface area contributed by atoms with Crippen molar-refractivity contribution >= 4 is 15.9 Å². The van der Waals surface area contributed by atoms with E-state index >= 15 is 0 Å². The Morgan fingerprint density at radius 1 is 1.24 bits per heavy atom. The van der Waals surface area contributed by atoms with Crippen LogP contribution >= 0.6 is 0 Å². The summed E-state index contributed by atoms with van der Waals surface area (Å²) >= 11 is 0. The minimum atomic E-state index is -5.05. The summed E-state index contributed by atoms with van der Waals surface area (Å²) in [4.78, 5) is 10.2. The van der Waals surface area contributed by atoms with Crippen LogP contribution in [0.3, 0.4) is 0 Å². The van der Waals surface area contributed by atoms with Crippen LogP contribution in [0.4, 0.5) is 17.6 Å². The van der Waals surface area contributed by atoms with Gasteiger partial charge in [0.25, 0.3) is 0 Å². The van der Waals surface area contributed by atoms with Crippen molar-refractivity contribution < 1.29 is 30.8 Å². The summed E-state index contributed by atoms with van der Waals surface area (Å²) < 4.78 is 76.5. The van der Waals surface area contributed by atoms with E-state index in [0.29, 0.717) is 12.1 Å². The first-order valence-corrected chi connectivity index (χ1v) is 6.96. The molecule has 0 radical (unpaired) electrons. The van der Waals surface area contributed by atoms with Crippen molar-refractivity contribution in [3.8, 4) is 0 Å². The second-order valence-corrected chi connectivity index (χ2v) is 6.42. The van der Waals surface area contributed by atoms with E-state index in [2.05, 4.69) is 0 Å². The third-order valence-corrected chi connectivity index (χ3v) is 4.21. The van der Waals surface area contributed by atoms with Gasteiger partial charge in [-0.25, -0.2) is 12.8 Å². The molecule has 1 amide bonds. The highest BCUT2D eigenvalue weighted by Gasteiger charge is 2.37. The van der Waals surface area contributed by atoms with Gasteiger partial charge in [-0.1, -0.05) is 0 Å². The zero-order valence-corrected chi connectivity index (χ0v) is 11.8. The number of nitrogens with one attached hydrogen (secondary N) is 1. The first-order chi connectivity index (χ1) is 9.27. The van der Waals surface area contributed by atoms with E-state index in [9.17, 15) is 30.8 Å². The lowest BCUT2D eigenvalue weighted by atomic mass is 10.1. The van der Waals surface area contributed by atoms with E-state index in [4.69, 9.17) is 5.73 Å². The van der Waals surface area contributed by atoms with Gasteiger partial charge < -0.3 is 5.73 Å². The number of nitrogens with two attached hydrogens (primary N) is 1. The molecule has 3 N–H and O–H groups in total. The van der Waals surface area contributed by atoms with Crippen molar-refractivity contribution in [2.24, 2.45) is 5.73 Å². The van der Waals surface area contributed by atoms with Gasteiger partial charge in [-0.15, -0.1) is 0 Å². The molecule has 0 aliphatic rings. The number of carbonyl (C=O) groups is 1. The molecule has 0 saturated carbocycles. The summed E-state index contributed by atoms with van der Waals surface area (Å²) in [6, 6.07) is 1.19. The molecule has 0 atom stereocenters. The van der Waals surface area contributed by atoms with Gasteiger partial charge >= 0.3 is 6.18 Å². The van der Waals surface area contributed by atoms with Crippen LogP contribution in [-0.2, 0) is 21.0 Å². The van der Waals surface area contributed by atoms with E-state index in [-0.39, 0.29) is 6.07 Å². The SMILES string of the molecule is CC(C)(NS(=O)(=O)c1ccc(F)c(C(F)(F)F)c1)C(N)=O. The molecule has 0 unspecified atom stereocenters. The number of sulfonamides is 1. The van der Waals surface area contributed by atoms with Crippen LogP contribution in [0.1, 0.15) is 19.4 Å². The molecular formula is C11H12F4N2O3S. The Bertz CT molecular complexity index is 669. The van der Waals surface area contributed by atoms with Crippen molar-refractivity contribution in [1.29, 1.82) is 0 Å². The van der Waals surface area contributed by atoms with Crippen LogP contribution in [-0.4, -0.2) is 19.9 Å². The van der Waals surface area contributed by atoms with Gasteiger partial charge in [-0.2, -0.15) is 17.9 Å². The fraction of sp³-hybridized carbons (Fsp3) is 0.364. The average molecular weight is 328 g/mol. The predicted octanol–water partition coefficient (Wildman–Crippen LogP) is 1.39. The Labute approximate surface area is 118 Å². The third kappa shape index (κ3) is 3.91. The Morgan fingerprint density at radius 2 is 1.76 bits per heavy atom. The van der Waals surface area contributed by atoms with Gasteiger partial charge in [0.05, 0.1) is 10.5 Å². The largest absolute Gasteiger partial charge is 0.419 e. The van der Waals surface area contributed by atoms with Crippen LogP contribution < -0.4 is 10.5 Å². The van der Waals surface area contributed by atoms with E-state index in [0.717, 1.165) is 13.8 Å². The van der Waals surface area contributed by atoms with Gasteiger partial charge in [0.2, 0.25) is 15.9 Å². The van der Waals surface area contributed by atoms with Gasteiger partial charge in [0.15, 0.2) is 0 Å². The summed E-state index contributed by atoms with van der Waals surface area (Å²) in [5.41, 5.74) is 1.54. The molecule has 1 aromatic carbocycles. The lowest BCUT2D eigenvalue weighted by molar-refractivity contribution is -0.140. The minimum Gasteiger partial charge on any atom is -0.368 e. The lowest BCUT2D eigenvalue weighted by Crippen LogP contribution is -2.52. The number of halogens is 4. The highest BCUT2D eigenvalue weighted by atomic mass is 32.2. The van der Waals surface area contributed by atoms with E-state index in [1.807, 2.05) is 4.72 Å². The molecule has 0 aliphatic carbocycles. The standard InChI is InChI=1S/C11H12F4N2O3S/c1-10(2,9(16)18)17-21(19,20)6-3-4-8(12)7(5-6)11(13,14)15/h3-5,17H,1-2H3,(H2,16,18). The molecule has 0 aliphatic heterocycles. The normalized spacial score (nSPS) is 13.2. The van der Waals surface area contributed by atoms with Crippen molar-refractivity contribution in [3.05, 3.63) is 29.6 Å². The van der Waals surface area contributed by atoms with E-state index in [1.54, 1.807) is 0 Å². The summed E-state index contributed by atoms with van der Waals surface area (Å²) in [6.45, 7) is 2.28. The number of hydrogen-bond donors (Lipinski definition) is 2. The molecule has 118 valence electrons. The van der Waals surface area contributed by atoms with Crippen LogP contribution in [0.15, 0.2) is 23.1 Å². The zero-order valence-electron chi connectivity index (χ0n) is 11.0. The molecule has 1 rings (SSSR count). The smallest absolute Gasteiger partial charge is 0.368 e. The van der Waals surface area contributed by atoms with E-state index in [1.165, 1.54) is 0 Å². The molecule has 0 fully saturated rings. The summed E-state index contributed by atoms with van der Waals surface area (Å²) in [7, 11) is -4.48. The Balaban J connectivity index is 3.31. The maximum Gasteiger partial charge on any atom is 0.419 e. The van der Waals surface area contributed by atoms with E-state index < -0.39 is 43.9 Å². The van der Waals surface area contributed by atoms with Crippen LogP contribution in [0.2, 0.25) is 0 Å². The number of rotatable bonds is 4. The monoisotopic (exact) mass is 328 g/mol. The molecule has 0 saturated heterocycles. The third-order valence-electron chi connectivity index (χ3n) is 2.56. The van der Waals surface area contributed by atoms with Crippen LogP contribution in [0.25, 0.3) is 0 Å². The van der Waals surface area contributed by atoms with Crippen molar-refractivity contribution in [2.45, 2.75) is 30.5 Å². The molecular weight excluding hydrogens is 316 g/mol. The molecule has 1 aromatic rings. The number of alkyl halides is 3. The molecule has 5 nitrogen and oxygen atoms in total. The highest BCUT2D eigenvalue weighted by Crippen LogP contribution is 2.32. The van der Waals surface area contributed by atoms with Crippen LogP contribution in [0.5, 0.6) is 0 Å². The second-order valence-electron chi connectivity index (χ2n) is 4.73. The van der Waals surface area contributed by atoms with Gasteiger partial charge in [-0.05, 0) is 32.0 Å². The number of primary amides is 1. The van der Waals surface area contributed by atoms with Crippen molar-refractivity contribution in [2.75, 3.05) is 0 Å². The average Bonchev–Trinajstić information content (AvgIpc) is 2.25. The number of benzene rings is 1. The molecule has 0 bridgehead atoms. The Kier molecular flexibility index (Phi) is 4.35. The Morgan fingerprint density at radius 3 is 2.19 bits per heavy atom. The maximum atomic E-state index is 13.1. The summed E-state index contributed by atoms with van der Waals surface area (Å²) in [5.74, 6) is -2.63. The van der Waals surface area contributed by atoms with Gasteiger partial charge in [-0.3, -0.25) is 4.79 Å². The molecule has 21 heavy (non-hydrogen) atoms. The zero-order chi connectivity index (χ0) is 16.6. The summed E-state index contributed by atoms with van der Waals surface area (Å²) in [5, 5.41) is 0. The predicted molar refractivity (Wildman–Crippen MR) is 65.0 cm³/mol. The number of carbonyl (C=O) groups excluding carboxylic acids is 1. The first kappa shape index (κ1) is 17.4. The Hall–Kier alpha value is -1.68. The van der Waals surface area contributed by atoms with Gasteiger partial charge in [0, 0.05) is 0 Å².